The molecule has 14 heavy (non-hydrogen) atoms. The van der Waals surface area contributed by atoms with Crippen LogP contribution in [0, 0.1) is 0 Å². The second-order valence-electron chi connectivity index (χ2n) is 1.49. The molecule has 1 radical (unpaired) electrons. The first kappa shape index (κ1) is 23.0. The Hall–Kier alpha value is -1.34. The van der Waals surface area contributed by atoms with E-state index in [1.165, 1.54) is 0 Å². The van der Waals surface area contributed by atoms with Gasteiger partial charge in [-0.15, -0.1) is 0 Å². The molecule has 0 heterocycles. The molecular weight excluding hydrogens is 235 g/mol. The zero-order chi connectivity index (χ0) is 11.4. The third-order valence-electron chi connectivity index (χ3n) is 0.101. The van der Waals surface area contributed by atoms with Crippen LogP contribution in [0.25, 0.3) is 0 Å². The number of aliphatic carboxylic acids is 3. The van der Waals surface area contributed by atoms with Crippen LogP contribution in [-0.4, -0.2) is 39.5 Å². The van der Waals surface area contributed by atoms with E-state index in [2.05, 4.69) is 0 Å². The molecule has 0 bridgehead atoms. The summed E-state index contributed by atoms with van der Waals surface area (Å²) < 4.78 is 0. The minimum Gasteiger partial charge on any atom is -0.481 e. The van der Waals surface area contributed by atoms with Crippen LogP contribution in [0.3, 0.4) is 0 Å². The van der Waals surface area contributed by atoms with Crippen LogP contribution in [0.2, 0.25) is 0 Å². The number of aldehydes is 1. The molecule has 0 atom stereocenters. The van der Waals surface area contributed by atoms with Crippen LogP contribution in [0.1, 0.15) is 13.8 Å². The molecule has 8 heteroatoms. The number of carbonyl (C=O) groups is 4. The molecular formula is C6H10O7V. The molecule has 0 aromatic heterocycles. The summed E-state index contributed by atoms with van der Waals surface area (Å²) in [5.74, 6) is -3.09. The molecule has 0 amide bonds. The topological polar surface area (TPSA) is 129 Å². The molecule has 7 nitrogen and oxygen atoms in total. The molecule has 81 valence electrons. The third-order valence-corrected chi connectivity index (χ3v) is 0.101. The third kappa shape index (κ3) is 2260. The summed E-state index contributed by atoms with van der Waals surface area (Å²) in [5, 5.41) is 22.2. The van der Waals surface area contributed by atoms with E-state index in [9.17, 15) is 0 Å². The van der Waals surface area contributed by atoms with Crippen molar-refractivity contribution in [2.24, 2.45) is 0 Å². The Morgan fingerprint density at radius 2 is 1.00 bits per heavy atom. The van der Waals surface area contributed by atoms with Gasteiger partial charge < -0.3 is 15.3 Å². The number of hydrogen-bond acceptors (Lipinski definition) is 4. The number of rotatable bonds is 1. The fourth-order valence-electron chi connectivity index (χ4n) is 0. The fourth-order valence-corrected chi connectivity index (χ4v) is 0. The molecule has 0 fully saturated rings. The second kappa shape index (κ2) is 17.7. The average molecular weight is 245 g/mol. The first-order chi connectivity index (χ1) is 5.73. The number of carboxylic acid groups (broad SMARTS) is 3. The maximum Gasteiger partial charge on any atom is 0.368 e. The van der Waals surface area contributed by atoms with Crippen molar-refractivity contribution >= 4 is 24.2 Å². The molecule has 0 rings (SSSR count). The first-order valence-corrected chi connectivity index (χ1v) is 2.81. The number of hydrogen-bond donors (Lipinski definition) is 3. The molecule has 3 N–H and O–H groups in total. The van der Waals surface area contributed by atoms with E-state index in [1.54, 1.807) is 0 Å². The van der Waals surface area contributed by atoms with Crippen molar-refractivity contribution in [1.29, 1.82) is 0 Å². The Labute approximate surface area is 91.6 Å². The molecule has 0 spiro atoms. The van der Waals surface area contributed by atoms with E-state index in [1.807, 2.05) is 0 Å². The van der Waals surface area contributed by atoms with Gasteiger partial charge >= 0.3 is 5.97 Å². The normalized spacial score (nSPS) is 5.86. The van der Waals surface area contributed by atoms with Gasteiger partial charge in [-0.05, 0) is 0 Å². The van der Waals surface area contributed by atoms with Crippen molar-refractivity contribution in [3.05, 3.63) is 0 Å². The van der Waals surface area contributed by atoms with Gasteiger partial charge in [0.05, 0.1) is 0 Å². The van der Waals surface area contributed by atoms with Gasteiger partial charge in [-0.3, -0.25) is 14.4 Å². The maximum absolute atomic E-state index is 9.00. The largest absolute Gasteiger partial charge is 0.481 e. The van der Waals surface area contributed by atoms with Gasteiger partial charge in [-0.2, -0.15) is 0 Å². The van der Waals surface area contributed by atoms with Crippen molar-refractivity contribution in [1.82, 2.24) is 0 Å². The summed E-state index contributed by atoms with van der Waals surface area (Å²) in [4.78, 5) is 35.9. The summed E-state index contributed by atoms with van der Waals surface area (Å²) in [6, 6.07) is 0. The predicted octanol–water partition coefficient (Wildman–Crippen LogP) is -0.551. The van der Waals surface area contributed by atoms with Crippen LogP contribution in [0.15, 0.2) is 0 Å². The Balaban J connectivity index is -0.0000000522. The molecule has 0 aromatic rings. The van der Waals surface area contributed by atoms with Gasteiger partial charge in [-0.1, -0.05) is 0 Å². The Morgan fingerprint density at radius 3 is 1.00 bits per heavy atom. The van der Waals surface area contributed by atoms with E-state index in [0.717, 1.165) is 13.8 Å². The van der Waals surface area contributed by atoms with E-state index in [0.29, 0.717) is 0 Å². The standard InChI is InChI=1S/C2H2O3.2C2H4O2.V/c3-1-2(4)5;2*1-2(3)4;/h1H,(H,4,5);2*1H3,(H,3,4);. The van der Waals surface area contributed by atoms with Gasteiger partial charge in [-0.25, -0.2) is 4.79 Å². The van der Waals surface area contributed by atoms with Crippen LogP contribution >= 0.6 is 0 Å². The smallest absolute Gasteiger partial charge is 0.368 e. The summed E-state index contributed by atoms with van der Waals surface area (Å²) >= 11 is 0. The maximum atomic E-state index is 9.00. The zero-order valence-corrected chi connectivity index (χ0v) is 8.90. The van der Waals surface area contributed by atoms with Gasteiger partial charge in [0.1, 0.15) is 0 Å². The monoisotopic (exact) mass is 245 g/mol. The molecule has 0 aromatic carbocycles. The SMILES string of the molecule is CC(=O)O.CC(=O)O.O=CC(=O)O.[V]. The second-order valence-corrected chi connectivity index (χ2v) is 1.49. The molecule has 0 aliphatic rings. The van der Waals surface area contributed by atoms with Gasteiger partial charge in [0.15, 0.2) is 0 Å². The molecule has 0 aliphatic carbocycles. The Bertz CT molecular complexity index is 169. The van der Waals surface area contributed by atoms with Crippen molar-refractivity contribution < 1.29 is 53.1 Å². The van der Waals surface area contributed by atoms with Crippen molar-refractivity contribution in [2.75, 3.05) is 0 Å². The summed E-state index contributed by atoms with van der Waals surface area (Å²) in [7, 11) is 0. The summed E-state index contributed by atoms with van der Waals surface area (Å²) in [5.41, 5.74) is 0. The Kier molecular flexibility index (Phi) is 29.0. The molecule has 0 unspecified atom stereocenters. The van der Waals surface area contributed by atoms with E-state index >= 15 is 0 Å². The van der Waals surface area contributed by atoms with Crippen molar-refractivity contribution in [3.8, 4) is 0 Å². The van der Waals surface area contributed by atoms with Gasteiger partial charge in [0.2, 0.25) is 6.29 Å². The zero-order valence-electron chi connectivity index (χ0n) is 7.50. The number of carbonyl (C=O) groups excluding carboxylic acids is 1. The predicted molar refractivity (Wildman–Crippen MR) is 40.3 cm³/mol. The Morgan fingerprint density at radius 1 is 0.929 bits per heavy atom. The van der Waals surface area contributed by atoms with Crippen LogP contribution in [0.4, 0.5) is 0 Å². The minimum absolute atomic E-state index is 0. The van der Waals surface area contributed by atoms with E-state index in [4.69, 9.17) is 34.5 Å². The van der Waals surface area contributed by atoms with E-state index < -0.39 is 17.9 Å². The number of carboxylic acids is 3. The molecule has 0 saturated heterocycles. The van der Waals surface area contributed by atoms with Crippen LogP contribution < -0.4 is 0 Å². The van der Waals surface area contributed by atoms with Gasteiger partial charge in [0, 0.05) is 32.4 Å². The molecule has 0 saturated carbocycles. The minimum atomic E-state index is -1.43. The van der Waals surface area contributed by atoms with Gasteiger partial charge in [0.25, 0.3) is 11.9 Å². The van der Waals surface area contributed by atoms with Crippen molar-refractivity contribution in [3.63, 3.8) is 0 Å². The van der Waals surface area contributed by atoms with Crippen LogP contribution in [0.5, 0.6) is 0 Å². The fraction of sp³-hybridized carbons (Fsp3) is 0.333. The quantitative estimate of drug-likeness (QED) is 0.417. The first-order valence-electron chi connectivity index (χ1n) is 2.81. The summed E-state index contributed by atoms with van der Waals surface area (Å²) in [6.07, 6.45) is -0.167. The van der Waals surface area contributed by atoms with E-state index in [-0.39, 0.29) is 24.8 Å². The van der Waals surface area contributed by atoms with Crippen LogP contribution in [-0.2, 0) is 37.7 Å². The van der Waals surface area contributed by atoms with Crippen molar-refractivity contribution in [2.45, 2.75) is 13.8 Å². The summed E-state index contributed by atoms with van der Waals surface area (Å²) in [6.45, 7) is 2.17. The molecule has 0 aliphatic heterocycles. The average Bonchev–Trinajstić information content (AvgIpc) is 1.84.